The Hall–Kier alpha value is -1.98. The van der Waals surface area contributed by atoms with Gasteiger partial charge in [-0.2, -0.15) is 0 Å². The van der Waals surface area contributed by atoms with Crippen molar-refractivity contribution in [3.63, 3.8) is 0 Å². The highest BCUT2D eigenvalue weighted by atomic mass is 35.5. The van der Waals surface area contributed by atoms with E-state index < -0.39 is 0 Å². The van der Waals surface area contributed by atoms with Crippen LogP contribution in [0.25, 0.3) is 16.6 Å². The second kappa shape index (κ2) is 7.87. The van der Waals surface area contributed by atoms with E-state index in [-0.39, 0.29) is 0 Å². The number of hydrogen-bond donors (Lipinski definition) is 1. The SMILES string of the molecule is CN(C)CCCN=CC(=CN)c1cnc2ccc(Cl)nc2c1. The maximum absolute atomic E-state index is 5.92. The summed E-state index contributed by atoms with van der Waals surface area (Å²) in [4.78, 5) is 15.2. The number of allylic oxidation sites excluding steroid dienone is 1. The third kappa shape index (κ3) is 4.51. The van der Waals surface area contributed by atoms with Gasteiger partial charge in [-0.1, -0.05) is 11.6 Å². The highest BCUT2D eigenvalue weighted by Gasteiger charge is 2.03. The summed E-state index contributed by atoms with van der Waals surface area (Å²) in [6, 6.07) is 5.48. The van der Waals surface area contributed by atoms with Gasteiger partial charge in [0.1, 0.15) is 5.15 Å². The summed E-state index contributed by atoms with van der Waals surface area (Å²) >= 11 is 5.92. The Balaban J connectivity index is 2.12. The normalized spacial score (nSPS) is 12.6. The van der Waals surface area contributed by atoms with Crippen LogP contribution in [-0.4, -0.2) is 48.3 Å². The van der Waals surface area contributed by atoms with Gasteiger partial charge in [-0.3, -0.25) is 9.98 Å². The second-order valence-corrected chi connectivity index (χ2v) is 5.60. The summed E-state index contributed by atoms with van der Waals surface area (Å²) in [6.07, 6.45) is 6.09. The van der Waals surface area contributed by atoms with Crippen LogP contribution in [0.3, 0.4) is 0 Å². The van der Waals surface area contributed by atoms with Gasteiger partial charge in [-0.25, -0.2) is 4.98 Å². The van der Waals surface area contributed by atoms with Gasteiger partial charge in [-0.15, -0.1) is 0 Å². The lowest BCUT2D eigenvalue weighted by Gasteiger charge is -2.07. The number of nitrogens with two attached hydrogens (primary N) is 1. The van der Waals surface area contributed by atoms with Crippen molar-refractivity contribution in [3.8, 4) is 0 Å². The Morgan fingerprint density at radius 2 is 2.18 bits per heavy atom. The fraction of sp³-hybridized carbons (Fsp3) is 0.312. The largest absolute Gasteiger partial charge is 0.404 e. The molecule has 0 aliphatic heterocycles. The summed E-state index contributed by atoms with van der Waals surface area (Å²) in [7, 11) is 4.10. The number of nitrogens with zero attached hydrogens (tertiary/aromatic N) is 4. The molecular formula is C16H20ClN5. The summed E-state index contributed by atoms with van der Waals surface area (Å²) in [5.74, 6) is 0. The maximum atomic E-state index is 5.92. The molecule has 0 atom stereocenters. The van der Waals surface area contributed by atoms with Crippen molar-refractivity contribution in [1.82, 2.24) is 14.9 Å². The van der Waals surface area contributed by atoms with Crippen LogP contribution in [0.5, 0.6) is 0 Å². The molecule has 0 saturated carbocycles. The summed E-state index contributed by atoms with van der Waals surface area (Å²) < 4.78 is 0. The topological polar surface area (TPSA) is 67.4 Å². The van der Waals surface area contributed by atoms with Gasteiger partial charge in [0.05, 0.1) is 11.0 Å². The van der Waals surface area contributed by atoms with Crippen LogP contribution in [0.4, 0.5) is 0 Å². The van der Waals surface area contributed by atoms with Gasteiger partial charge in [-0.05, 0) is 45.3 Å². The average Bonchev–Trinajstić information content (AvgIpc) is 2.50. The molecule has 0 fully saturated rings. The Kier molecular flexibility index (Phi) is 5.86. The van der Waals surface area contributed by atoms with Crippen LogP contribution in [0.1, 0.15) is 12.0 Å². The monoisotopic (exact) mass is 317 g/mol. The number of rotatable bonds is 6. The number of fused-ring (bicyclic) bond motifs is 1. The predicted octanol–water partition coefficient (Wildman–Crippen LogP) is 2.61. The Labute approximate surface area is 135 Å². The lowest BCUT2D eigenvalue weighted by atomic mass is 10.1. The van der Waals surface area contributed by atoms with Crippen LogP contribution in [0, 0.1) is 0 Å². The third-order valence-electron chi connectivity index (χ3n) is 3.14. The minimum atomic E-state index is 0.446. The molecule has 2 N–H and O–H groups in total. The highest BCUT2D eigenvalue weighted by Crippen LogP contribution is 2.18. The van der Waals surface area contributed by atoms with Crippen LogP contribution in [-0.2, 0) is 0 Å². The number of hydrogen-bond acceptors (Lipinski definition) is 5. The highest BCUT2D eigenvalue weighted by molar-refractivity contribution is 6.29. The van der Waals surface area contributed by atoms with Crippen LogP contribution in [0.2, 0.25) is 5.15 Å². The minimum absolute atomic E-state index is 0.446. The van der Waals surface area contributed by atoms with Crippen molar-refractivity contribution < 1.29 is 0 Å². The van der Waals surface area contributed by atoms with E-state index in [0.717, 1.165) is 41.7 Å². The third-order valence-corrected chi connectivity index (χ3v) is 3.35. The molecule has 0 saturated heterocycles. The van der Waals surface area contributed by atoms with Gasteiger partial charge in [0.2, 0.25) is 0 Å². The first-order valence-corrected chi connectivity index (χ1v) is 7.47. The van der Waals surface area contributed by atoms with Crippen molar-refractivity contribution in [3.05, 3.63) is 41.3 Å². The minimum Gasteiger partial charge on any atom is -0.404 e. The molecular weight excluding hydrogens is 298 g/mol. The summed E-state index contributed by atoms with van der Waals surface area (Å²) in [5, 5.41) is 0.446. The molecule has 2 heterocycles. The summed E-state index contributed by atoms with van der Waals surface area (Å²) in [5.41, 5.74) is 8.94. The van der Waals surface area contributed by atoms with Gasteiger partial charge >= 0.3 is 0 Å². The Morgan fingerprint density at radius 3 is 2.91 bits per heavy atom. The molecule has 0 unspecified atom stereocenters. The smallest absolute Gasteiger partial charge is 0.129 e. The molecule has 116 valence electrons. The molecule has 2 rings (SSSR count). The molecule has 0 aliphatic carbocycles. The molecule has 0 aliphatic rings. The standard InChI is InChI=1S/C16H20ClN5/c1-22(2)7-3-6-19-10-13(9-18)12-8-15-14(20-11-12)4-5-16(17)21-15/h4-5,8-11H,3,6-7,18H2,1-2H3. The first-order valence-electron chi connectivity index (χ1n) is 7.09. The van der Waals surface area contributed by atoms with Crippen LogP contribution < -0.4 is 5.73 Å². The average molecular weight is 318 g/mol. The van der Waals surface area contributed by atoms with E-state index in [2.05, 4.69) is 19.9 Å². The predicted molar refractivity (Wildman–Crippen MR) is 93.2 cm³/mol. The van der Waals surface area contributed by atoms with Crippen LogP contribution >= 0.6 is 11.6 Å². The van der Waals surface area contributed by atoms with Crippen molar-refractivity contribution in [2.45, 2.75) is 6.42 Å². The van der Waals surface area contributed by atoms with E-state index in [0.29, 0.717) is 5.15 Å². The first-order chi connectivity index (χ1) is 10.6. The van der Waals surface area contributed by atoms with Gasteiger partial charge in [0.15, 0.2) is 0 Å². The van der Waals surface area contributed by atoms with Gasteiger partial charge in [0, 0.05) is 36.3 Å². The lowest BCUT2D eigenvalue weighted by molar-refractivity contribution is 0.403. The zero-order valence-corrected chi connectivity index (χ0v) is 13.6. The van der Waals surface area contributed by atoms with Crippen molar-refractivity contribution >= 4 is 34.4 Å². The number of aromatic nitrogens is 2. The molecule has 0 radical (unpaired) electrons. The molecule has 6 heteroatoms. The number of halogens is 1. The molecule has 0 amide bonds. The molecule has 5 nitrogen and oxygen atoms in total. The first kappa shape index (κ1) is 16.4. The van der Waals surface area contributed by atoms with E-state index in [1.54, 1.807) is 18.5 Å². The molecule has 0 bridgehead atoms. The molecule has 22 heavy (non-hydrogen) atoms. The van der Waals surface area contributed by atoms with E-state index in [1.807, 2.05) is 26.2 Å². The van der Waals surface area contributed by atoms with E-state index in [1.165, 1.54) is 6.20 Å². The lowest BCUT2D eigenvalue weighted by Crippen LogP contribution is -2.13. The second-order valence-electron chi connectivity index (χ2n) is 5.21. The molecule has 0 aromatic carbocycles. The van der Waals surface area contributed by atoms with E-state index >= 15 is 0 Å². The number of pyridine rings is 2. The Morgan fingerprint density at radius 1 is 1.36 bits per heavy atom. The summed E-state index contributed by atoms with van der Waals surface area (Å²) in [6.45, 7) is 1.78. The molecule has 2 aromatic heterocycles. The quantitative estimate of drug-likeness (QED) is 0.505. The molecule has 0 spiro atoms. The zero-order valence-electron chi connectivity index (χ0n) is 12.8. The zero-order chi connectivity index (χ0) is 15.9. The van der Waals surface area contributed by atoms with E-state index in [4.69, 9.17) is 17.3 Å². The molecule has 2 aromatic rings. The van der Waals surface area contributed by atoms with Crippen LogP contribution in [0.15, 0.2) is 35.6 Å². The van der Waals surface area contributed by atoms with Gasteiger partial charge < -0.3 is 10.6 Å². The fourth-order valence-electron chi connectivity index (χ4n) is 1.99. The van der Waals surface area contributed by atoms with E-state index in [9.17, 15) is 0 Å². The van der Waals surface area contributed by atoms with Gasteiger partial charge in [0.25, 0.3) is 0 Å². The van der Waals surface area contributed by atoms with Crippen molar-refractivity contribution in [1.29, 1.82) is 0 Å². The Bertz CT molecular complexity index is 694. The number of aliphatic imine (C=N–C) groups is 1. The van der Waals surface area contributed by atoms with Crippen molar-refractivity contribution in [2.24, 2.45) is 10.7 Å². The maximum Gasteiger partial charge on any atom is 0.129 e. The fourth-order valence-corrected chi connectivity index (χ4v) is 2.15. The van der Waals surface area contributed by atoms with Crippen molar-refractivity contribution in [2.75, 3.05) is 27.2 Å².